The normalized spacial score (nSPS) is 9.00. The molecule has 47 valence electrons. The molecule has 0 aromatic carbocycles. The second-order valence-electron chi connectivity index (χ2n) is 1.44. The van der Waals surface area contributed by atoms with Crippen LogP contribution in [0.5, 0.6) is 0 Å². The summed E-state index contributed by atoms with van der Waals surface area (Å²) in [5, 5.41) is 9.26. The third-order valence-corrected chi connectivity index (χ3v) is 0.845. The standard InChI is InChI=1S/C4H5N4O/c1-8-2-6-7-4(8)5-3-9/h3H,1H3,(H,5,7,9). The summed E-state index contributed by atoms with van der Waals surface area (Å²) in [5.74, 6) is 0.394. The van der Waals surface area contributed by atoms with Gasteiger partial charge in [-0.3, -0.25) is 14.7 Å². The molecule has 0 atom stereocenters. The Balaban J connectivity index is 2.80. The van der Waals surface area contributed by atoms with Gasteiger partial charge >= 0.3 is 0 Å². The fourth-order valence-electron chi connectivity index (χ4n) is 0.430. The van der Waals surface area contributed by atoms with Crippen molar-refractivity contribution in [3.8, 4) is 0 Å². The maximum atomic E-state index is 9.82. The minimum atomic E-state index is 0.394. The summed E-state index contributed by atoms with van der Waals surface area (Å²) in [5.41, 5.74) is 0. The van der Waals surface area contributed by atoms with Gasteiger partial charge in [-0.1, -0.05) is 0 Å². The molecular weight excluding hydrogens is 120 g/mol. The van der Waals surface area contributed by atoms with E-state index >= 15 is 0 Å². The van der Waals surface area contributed by atoms with Gasteiger partial charge in [0.25, 0.3) is 0 Å². The molecule has 0 bridgehead atoms. The number of hydrogen-bond acceptors (Lipinski definition) is 3. The molecule has 0 saturated carbocycles. The molecule has 1 aromatic rings. The quantitative estimate of drug-likeness (QED) is 0.525. The number of nitrogens with zero attached hydrogens (tertiary/aromatic N) is 3. The number of rotatable bonds is 2. The van der Waals surface area contributed by atoms with Crippen molar-refractivity contribution in [2.24, 2.45) is 7.05 Å². The molecule has 1 radical (unpaired) electrons. The van der Waals surface area contributed by atoms with Gasteiger partial charge in [-0.2, -0.15) is 0 Å². The van der Waals surface area contributed by atoms with Crippen molar-refractivity contribution in [1.82, 2.24) is 14.8 Å². The molecule has 0 aliphatic carbocycles. The van der Waals surface area contributed by atoms with Crippen molar-refractivity contribution in [2.45, 2.75) is 0 Å². The van der Waals surface area contributed by atoms with E-state index < -0.39 is 0 Å². The Morgan fingerprint density at radius 1 is 1.89 bits per heavy atom. The first-order valence-electron chi connectivity index (χ1n) is 2.32. The van der Waals surface area contributed by atoms with Gasteiger partial charge in [0, 0.05) is 7.05 Å². The minimum absolute atomic E-state index is 0.394. The van der Waals surface area contributed by atoms with Crippen molar-refractivity contribution in [2.75, 3.05) is 5.32 Å². The molecular formula is C4H5N4O. The third-order valence-electron chi connectivity index (χ3n) is 0.845. The van der Waals surface area contributed by atoms with Crippen LogP contribution in [0.1, 0.15) is 0 Å². The number of aromatic nitrogens is 3. The van der Waals surface area contributed by atoms with Gasteiger partial charge in [0.2, 0.25) is 18.7 Å². The number of carbonyl (C=O) groups excluding carboxylic acids is 1. The Morgan fingerprint density at radius 3 is 3.11 bits per heavy atom. The zero-order valence-corrected chi connectivity index (χ0v) is 4.83. The van der Waals surface area contributed by atoms with Crippen LogP contribution in [0.2, 0.25) is 0 Å². The molecule has 1 rings (SSSR count). The van der Waals surface area contributed by atoms with E-state index in [1.54, 1.807) is 7.05 Å². The molecule has 9 heavy (non-hydrogen) atoms. The van der Waals surface area contributed by atoms with Gasteiger partial charge in [0.15, 0.2) is 0 Å². The van der Waals surface area contributed by atoms with E-state index in [-0.39, 0.29) is 0 Å². The van der Waals surface area contributed by atoms with Crippen molar-refractivity contribution >= 4 is 12.4 Å². The lowest BCUT2D eigenvalue weighted by molar-refractivity contribution is -0.105. The molecule has 5 nitrogen and oxygen atoms in total. The van der Waals surface area contributed by atoms with E-state index in [0.29, 0.717) is 12.4 Å². The smallest absolute Gasteiger partial charge is 0.231 e. The van der Waals surface area contributed by atoms with Crippen LogP contribution >= 0.6 is 0 Å². The van der Waals surface area contributed by atoms with Crippen LogP contribution in [-0.4, -0.2) is 21.2 Å². The molecule has 1 heterocycles. The Hall–Kier alpha value is -1.39. The SMILES string of the molecule is Cn1[c]nnc1NC=O. The van der Waals surface area contributed by atoms with E-state index in [1.807, 2.05) is 0 Å². The summed E-state index contributed by atoms with van der Waals surface area (Å²) < 4.78 is 1.48. The molecule has 0 unspecified atom stereocenters. The monoisotopic (exact) mass is 125 g/mol. The highest BCUT2D eigenvalue weighted by Gasteiger charge is 1.95. The first-order chi connectivity index (χ1) is 4.34. The van der Waals surface area contributed by atoms with E-state index in [9.17, 15) is 4.79 Å². The molecule has 0 saturated heterocycles. The number of anilines is 1. The van der Waals surface area contributed by atoms with Crippen LogP contribution < -0.4 is 5.32 Å². The highest BCUT2D eigenvalue weighted by atomic mass is 16.1. The lowest BCUT2D eigenvalue weighted by atomic mass is 10.9. The molecule has 0 aliphatic rings. The minimum Gasteiger partial charge on any atom is -0.297 e. The van der Waals surface area contributed by atoms with Gasteiger partial charge in [0.1, 0.15) is 0 Å². The number of nitrogens with one attached hydrogen (secondary N) is 1. The van der Waals surface area contributed by atoms with Crippen molar-refractivity contribution in [3.05, 3.63) is 6.33 Å². The largest absolute Gasteiger partial charge is 0.297 e. The lowest BCUT2D eigenvalue weighted by Crippen LogP contribution is -2.00. The second-order valence-corrected chi connectivity index (χ2v) is 1.44. The van der Waals surface area contributed by atoms with E-state index in [0.717, 1.165) is 0 Å². The molecule has 5 heteroatoms. The summed E-state index contributed by atoms with van der Waals surface area (Å²) in [6.07, 6.45) is 3.03. The van der Waals surface area contributed by atoms with Crippen LogP contribution in [0.4, 0.5) is 5.95 Å². The first-order valence-corrected chi connectivity index (χ1v) is 2.32. The average molecular weight is 125 g/mol. The van der Waals surface area contributed by atoms with Crippen LogP contribution in [0.15, 0.2) is 0 Å². The fourth-order valence-corrected chi connectivity index (χ4v) is 0.430. The molecule has 0 aliphatic heterocycles. The Kier molecular flexibility index (Phi) is 1.44. The van der Waals surface area contributed by atoms with Gasteiger partial charge in [-0.25, -0.2) is 0 Å². The first kappa shape index (κ1) is 5.74. The van der Waals surface area contributed by atoms with Crippen LogP contribution in [0.25, 0.3) is 0 Å². The topological polar surface area (TPSA) is 59.8 Å². The van der Waals surface area contributed by atoms with Crippen LogP contribution in [-0.2, 0) is 11.8 Å². The summed E-state index contributed by atoms with van der Waals surface area (Å²) >= 11 is 0. The Labute approximate surface area is 51.7 Å². The highest BCUT2D eigenvalue weighted by Crippen LogP contribution is 1.93. The van der Waals surface area contributed by atoms with Gasteiger partial charge in [-0.05, 0) is 0 Å². The predicted octanol–water partition coefficient (Wildman–Crippen LogP) is -0.816. The Bertz CT molecular complexity index is 206. The van der Waals surface area contributed by atoms with E-state index in [4.69, 9.17) is 0 Å². The van der Waals surface area contributed by atoms with Gasteiger partial charge in [-0.15, -0.1) is 10.2 Å². The van der Waals surface area contributed by atoms with Crippen LogP contribution in [0.3, 0.4) is 0 Å². The zero-order valence-electron chi connectivity index (χ0n) is 4.83. The van der Waals surface area contributed by atoms with Crippen molar-refractivity contribution in [1.29, 1.82) is 0 Å². The van der Waals surface area contributed by atoms with Crippen molar-refractivity contribution < 1.29 is 4.79 Å². The number of amides is 1. The number of carbonyl (C=O) groups is 1. The summed E-state index contributed by atoms with van der Waals surface area (Å²) in [7, 11) is 1.69. The maximum Gasteiger partial charge on any atom is 0.231 e. The van der Waals surface area contributed by atoms with Gasteiger partial charge < -0.3 is 0 Å². The summed E-state index contributed by atoms with van der Waals surface area (Å²) in [4.78, 5) is 9.82. The summed E-state index contributed by atoms with van der Waals surface area (Å²) in [6, 6.07) is 0. The molecule has 1 N–H and O–H groups in total. The second kappa shape index (κ2) is 2.25. The van der Waals surface area contributed by atoms with E-state index in [1.165, 1.54) is 4.57 Å². The fraction of sp³-hybridized carbons (Fsp3) is 0.250. The molecule has 1 amide bonds. The van der Waals surface area contributed by atoms with Crippen LogP contribution in [0, 0.1) is 6.33 Å². The lowest BCUT2D eigenvalue weighted by Gasteiger charge is -1.92. The van der Waals surface area contributed by atoms with Gasteiger partial charge in [0.05, 0.1) is 0 Å². The highest BCUT2D eigenvalue weighted by molar-refractivity contribution is 5.66. The number of hydrogen-bond donors (Lipinski definition) is 1. The average Bonchev–Trinajstić information content (AvgIpc) is 2.18. The number of aryl methyl sites for hydroxylation is 1. The Morgan fingerprint density at radius 2 is 2.67 bits per heavy atom. The maximum absolute atomic E-state index is 9.82. The summed E-state index contributed by atoms with van der Waals surface area (Å²) in [6.45, 7) is 0. The predicted molar refractivity (Wildman–Crippen MR) is 29.5 cm³/mol. The van der Waals surface area contributed by atoms with E-state index in [2.05, 4.69) is 21.8 Å². The zero-order chi connectivity index (χ0) is 6.69. The van der Waals surface area contributed by atoms with Crippen molar-refractivity contribution in [3.63, 3.8) is 0 Å². The molecule has 1 aromatic heterocycles. The molecule has 0 spiro atoms. The molecule has 0 fully saturated rings. The third kappa shape index (κ3) is 1.04.